The molecular formula is C20H22O7. The Labute approximate surface area is 155 Å². The fourth-order valence-electron chi connectivity index (χ4n) is 3.44. The fourth-order valence-corrected chi connectivity index (χ4v) is 3.44. The second-order valence-electron chi connectivity index (χ2n) is 6.35. The quantitative estimate of drug-likeness (QED) is 0.767. The molecule has 0 saturated carbocycles. The van der Waals surface area contributed by atoms with Crippen LogP contribution >= 0.6 is 0 Å². The van der Waals surface area contributed by atoms with Crippen LogP contribution in [0.15, 0.2) is 51.6 Å². The molecule has 3 atom stereocenters. The molecule has 0 fully saturated rings. The van der Waals surface area contributed by atoms with E-state index in [0.717, 1.165) is 0 Å². The molecule has 0 radical (unpaired) electrons. The summed E-state index contributed by atoms with van der Waals surface area (Å²) < 4.78 is 16.7. The van der Waals surface area contributed by atoms with Crippen LogP contribution in [0.3, 0.4) is 0 Å². The summed E-state index contributed by atoms with van der Waals surface area (Å²) in [6, 6.07) is 6.90. The molecule has 2 N–H and O–H groups in total. The van der Waals surface area contributed by atoms with Gasteiger partial charge in [0.2, 0.25) is 12.0 Å². The Morgan fingerprint density at radius 3 is 2.78 bits per heavy atom. The van der Waals surface area contributed by atoms with E-state index in [9.17, 15) is 19.8 Å². The SMILES string of the molecule is CCO[C@H]1OC(C(=O)O)=C[C@@H](c2coc3ccccc3c2=O)[C@@H]1CCCO. The summed E-state index contributed by atoms with van der Waals surface area (Å²) in [6.45, 7) is 2.08. The lowest BCUT2D eigenvalue weighted by Crippen LogP contribution is -2.37. The molecular weight excluding hydrogens is 352 g/mol. The van der Waals surface area contributed by atoms with E-state index in [-0.39, 0.29) is 23.7 Å². The van der Waals surface area contributed by atoms with E-state index in [1.807, 2.05) is 0 Å². The molecule has 0 aliphatic carbocycles. The van der Waals surface area contributed by atoms with Crippen LogP contribution in [0.5, 0.6) is 0 Å². The van der Waals surface area contributed by atoms with Crippen LogP contribution < -0.4 is 5.43 Å². The number of carbonyl (C=O) groups is 1. The van der Waals surface area contributed by atoms with Gasteiger partial charge in [-0.25, -0.2) is 4.79 Å². The van der Waals surface area contributed by atoms with E-state index in [1.165, 1.54) is 12.3 Å². The van der Waals surface area contributed by atoms with E-state index in [4.69, 9.17) is 13.9 Å². The van der Waals surface area contributed by atoms with Gasteiger partial charge in [-0.2, -0.15) is 0 Å². The number of aliphatic carboxylic acids is 1. The molecule has 0 bridgehead atoms. The predicted octanol–water partition coefficient (Wildman–Crippen LogP) is 2.63. The van der Waals surface area contributed by atoms with Gasteiger partial charge < -0.3 is 24.1 Å². The first-order valence-electron chi connectivity index (χ1n) is 8.91. The number of benzene rings is 1. The summed E-state index contributed by atoms with van der Waals surface area (Å²) in [4.78, 5) is 24.5. The first kappa shape index (κ1) is 19.1. The zero-order valence-corrected chi connectivity index (χ0v) is 15.0. The Morgan fingerprint density at radius 1 is 1.30 bits per heavy atom. The van der Waals surface area contributed by atoms with Crippen molar-refractivity contribution in [2.75, 3.05) is 13.2 Å². The molecule has 27 heavy (non-hydrogen) atoms. The number of hydrogen-bond donors (Lipinski definition) is 2. The average molecular weight is 374 g/mol. The molecule has 2 aromatic rings. The summed E-state index contributed by atoms with van der Waals surface area (Å²) in [5.74, 6) is -2.38. The van der Waals surface area contributed by atoms with E-state index >= 15 is 0 Å². The van der Waals surface area contributed by atoms with Crippen LogP contribution in [0.25, 0.3) is 11.0 Å². The van der Waals surface area contributed by atoms with E-state index in [2.05, 4.69) is 0 Å². The van der Waals surface area contributed by atoms with Crippen molar-refractivity contribution in [2.45, 2.75) is 32.0 Å². The van der Waals surface area contributed by atoms with Crippen molar-refractivity contribution in [1.29, 1.82) is 0 Å². The maximum absolute atomic E-state index is 13.0. The Balaban J connectivity index is 2.12. The van der Waals surface area contributed by atoms with Crippen molar-refractivity contribution in [3.63, 3.8) is 0 Å². The third kappa shape index (κ3) is 3.89. The molecule has 144 valence electrons. The Hall–Kier alpha value is -2.64. The number of aliphatic hydroxyl groups is 1. The van der Waals surface area contributed by atoms with Gasteiger partial charge in [0, 0.05) is 30.6 Å². The summed E-state index contributed by atoms with van der Waals surface area (Å²) in [5.41, 5.74) is 0.603. The monoisotopic (exact) mass is 374 g/mol. The van der Waals surface area contributed by atoms with Crippen molar-refractivity contribution in [1.82, 2.24) is 0 Å². The molecule has 7 nitrogen and oxygen atoms in total. The highest BCUT2D eigenvalue weighted by atomic mass is 16.7. The summed E-state index contributed by atoms with van der Waals surface area (Å²) in [7, 11) is 0. The largest absolute Gasteiger partial charge is 0.475 e. The van der Waals surface area contributed by atoms with Crippen LogP contribution in [0.2, 0.25) is 0 Å². The maximum Gasteiger partial charge on any atom is 0.370 e. The van der Waals surface area contributed by atoms with Gasteiger partial charge in [-0.3, -0.25) is 4.79 Å². The van der Waals surface area contributed by atoms with Crippen molar-refractivity contribution in [3.8, 4) is 0 Å². The number of carboxylic acids is 1. The Bertz CT molecular complexity index is 899. The second kappa shape index (κ2) is 8.37. The van der Waals surface area contributed by atoms with Gasteiger partial charge in [0.1, 0.15) is 5.58 Å². The highest BCUT2D eigenvalue weighted by Crippen LogP contribution is 2.38. The predicted molar refractivity (Wildman–Crippen MR) is 97.3 cm³/mol. The molecule has 1 aromatic heterocycles. The third-order valence-corrected chi connectivity index (χ3v) is 4.69. The topological polar surface area (TPSA) is 106 Å². The summed E-state index contributed by atoms with van der Waals surface area (Å²) in [5, 5.41) is 19.1. The number of carboxylic acid groups (broad SMARTS) is 1. The Kier molecular flexibility index (Phi) is 5.93. The van der Waals surface area contributed by atoms with Gasteiger partial charge in [-0.05, 0) is 38.0 Å². The lowest BCUT2D eigenvalue weighted by molar-refractivity contribution is -0.173. The van der Waals surface area contributed by atoms with E-state index in [1.54, 1.807) is 31.2 Å². The highest BCUT2D eigenvalue weighted by molar-refractivity contribution is 5.84. The summed E-state index contributed by atoms with van der Waals surface area (Å²) >= 11 is 0. The Morgan fingerprint density at radius 2 is 2.07 bits per heavy atom. The number of rotatable bonds is 7. The number of fused-ring (bicyclic) bond motifs is 1. The standard InChI is InChI=1S/C20H22O7/c1-2-25-20-12(7-5-9-21)14(10-17(27-20)19(23)24)15-11-26-16-8-4-3-6-13(16)18(15)22/h3-4,6,8,10-12,14,20-21H,2,5,7,9H2,1H3,(H,23,24)/t12-,14+,20-/m0/s1. The molecule has 1 aliphatic rings. The van der Waals surface area contributed by atoms with Gasteiger partial charge >= 0.3 is 5.97 Å². The van der Waals surface area contributed by atoms with Crippen molar-refractivity contribution >= 4 is 16.9 Å². The molecule has 2 heterocycles. The van der Waals surface area contributed by atoms with Crippen LogP contribution in [0.1, 0.15) is 31.2 Å². The molecule has 0 saturated heterocycles. The summed E-state index contributed by atoms with van der Waals surface area (Å²) in [6.07, 6.45) is 2.96. The van der Waals surface area contributed by atoms with Crippen LogP contribution in [0.4, 0.5) is 0 Å². The van der Waals surface area contributed by atoms with Crippen molar-refractivity contribution in [3.05, 3.63) is 58.2 Å². The van der Waals surface area contributed by atoms with E-state index in [0.29, 0.717) is 36.0 Å². The molecule has 0 spiro atoms. The van der Waals surface area contributed by atoms with Gasteiger partial charge in [0.25, 0.3) is 0 Å². The van der Waals surface area contributed by atoms with Gasteiger partial charge in [0.15, 0.2) is 5.43 Å². The van der Waals surface area contributed by atoms with Crippen LogP contribution in [-0.4, -0.2) is 35.7 Å². The van der Waals surface area contributed by atoms with Crippen LogP contribution in [0, 0.1) is 5.92 Å². The molecule has 3 rings (SSSR count). The van der Waals surface area contributed by atoms with Crippen molar-refractivity contribution in [2.24, 2.45) is 5.92 Å². The lowest BCUT2D eigenvalue weighted by Gasteiger charge is -2.36. The highest BCUT2D eigenvalue weighted by Gasteiger charge is 2.39. The number of allylic oxidation sites excluding steroid dienone is 1. The van der Waals surface area contributed by atoms with Crippen molar-refractivity contribution < 1.29 is 28.9 Å². The smallest absolute Gasteiger partial charge is 0.370 e. The number of aliphatic hydroxyl groups excluding tert-OH is 1. The zero-order valence-electron chi connectivity index (χ0n) is 15.0. The fraction of sp³-hybridized carbons (Fsp3) is 0.400. The molecule has 1 aromatic carbocycles. The van der Waals surface area contributed by atoms with E-state index < -0.39 is 18.2 Å². The minimum Gasteiger partial charge on any atom is -0.475 e. The zero-order chi connectivity index (χ0) is 19.4. The number of hydrogen-bond acceptors (Lipinski definition) is 6. The first-order valence-corrected chi connectivity index (χ1v) is 8.91. The molecule has 0 unspecified atom stereocenters. The normalized spacial score (nSPS) is 22.3. The lowest BCUT2D eigenvalue weighted by atomic mass is 9.81. The molecule has 7 heteroatoms. The minimum atomic E-state index is -1.23. The van der Waals surface area contributed by atoms with Gasteiger partial charge in [-0.15, -0.1) is 0 Å². The second-order valence-corrected chi connectivity index (χ2v) is 6.35. The first-order chi connectivity index (χ1) is 13.1. The average Bonchev–Trinajstić information content (AvgIpc) is 2.67. The third-order valence-electron chi connectivity index (χ3n) is 4.69. The minimum absolute atomic E-state index is 0.0239. The van der Waals surface area contributed by atoms with Gasteiger partial charge in [0.05, 0.1) is 11.6 Å². The van der Waals surface area contributed by atoms with Gasteiger partial charge in [-0.1, -0.05) is 12.1 Å². The molecule has 1 aliphatic heterocycles. The van der Waals surface area contributed by atoms with Crippen LogP contribution in [-0.2, 0) is 14.3 Å². The molecule has 0 amide bonds. The number of ether oxygens (including phenoxy) is 2. The maximum atomic E-state index is 13.0. The number of para-hydroxylation sites is 1.